The number of rotatable bonds is 12. The Bertz CT molecular complexity index is 725. The van der Waals surface area contributed by atoms with Crippen molar-refractivity contribution in [2.75, 3.05) is 12.0 Å². The van der Waals surface area contributed by atoms with E-state index in [1.807, 2.05) is 48.5 Å². The minimum Gasteiger partial charge on any atom is -0.452 e. The van der Waals surface area contributed by atoms with Gasteiger partial charge in [0.15, 0.2) is 0 Å². The average molecular weight is 394 g/mol. The number of nitrogens with zero attached hydrogens (tertiary/aromatic N) is 1. The lowest BCUT2D eigenvalue weighted by atomic mass is 10.0. The van der Waals surface area contributed by atoms with E-state index in [-0.39, 0.29) is 6.09 Å². The summed E-state index contributed by atoms with van der Waals surface area (Å²) in [5.41, 5.74) is 2.90. The van der Waals surface area contributed by atoms with E-state index in [1.165, 1.54) is 52.1 Å². The molecule has 0 radical (unpaired) electrons. The third-order valence-corrected chi connectivity index (χ3v) is 5.08. The predicted octanol–water partition coefficient (Wildman–Crippen LogP) is 7.83. The number of hydrogen-bond donors (Lipinski definition) is 0. The molecule has 0 unspecified atom stereocenters. The molecule has 0 aromatic heterocycles. The second kappa shape index (κ2) is 13.6. The maximum atomic E-state index is 12.6. The van der Waals surface area contributed by atoms with Crippen molar-refractivity contribution in [1.29, 1.82) is 0 Å². The Morgan fingerprint density at radius 1 is 0.828 bits per heavy atom. The first-order valence-electron chi connectivity index (χ1n) is 10.9. The first-order valence-corrected chi connectivity index (χ1v) is 10.9. The third kappa shape index (κ3) is 8.15. The smallest absolute Gasteiger partial charge is 0.418 e. The zero-order valence-electron chi connectivity index (χ0n) is 18.0. The molecule has 0 N–H and O–H groups in total. The number of carbonyl (C=O) groups excluding carboxylic acids is 1. The van der Waals surface area contributed by atoms with Crippen LogP contribution in [0.4, 0.5) is 10.5 Å². The second-order valence-electron chi connectivity index (χ2n) is 7.41. The predicted molar refractivity (Wildman–Crippen MR) is 123 cm³/mol. The second-order valence-corrected chi connectivity index (χ2v) is 7.41. The van der Waals surface area contributed by atoms with E-state index >= 15 is 0 Å². The van der Waals surface area contributed by atoms with Gasteiger partial charge in [-0.2, -0.15) is 0 Å². The van der Waals surface area contributed by atoms with Gasteiger partial charge < -0.3 is 4.74 Å². The van der Waals surface area contributed by atoms with Crippen LogP contribution in [-0.4, -0.2) is 13.2 Å². The number of hydrogen-bond acceptors (Lipinski definition) is 2. The van der Waals surface area contributed by atoms with Crippen molar-refractivity contribution in [3.05, 3.63) is 71.9 Å². The van der Waals surface area contributed by atoms with Gasteiger partial charge in [0, 0.05) is 5.70 Å². The van der Waals surface area contributed by atoms with E-state index in [2.05, 4.69) is 25.1 Å². The van der Waals surface area contributed by atoms with Gasteiger partial charge in [-0.05, 0) is 36.6 Å². The Morgan fingerprint density at radius 3 is 1.97 bits per heavy atom. The molecule has 0 aliphatic heterocycles. The Labute approximate surface area is 176 Å². The van der Waals surface area contributed by atoms with Gasteiger partial charge in [0.1, 0.15) is 0 Å². The fraction of sp³-hybridized carbons (Fsp3) is 0.423. The van der Waals surface area contributed by atoms with Gasteiger partial charge in [0.2, 0.25) is 0 Å². The number of methoxy groups -OCH3 is 1. The highest BCUT2D eigenvalue weighted by molar-refractivity contribution is 5.92. The lowest BCUT2D eigenvalue weighted by Crippen LogP contribution is -2.30. The van der Waals surface area contributed by atoms with E-state index in [0.717, 1.165) is 29.8 Å². The molecule has 1 amide bonds. The quantitative estimate of drug-likeness (QED) is 0.344. The van der Waals surface area contributed by atoms with Crippen molar-refractivity contribution in [2.24, 2.45) is 0 Å². The van der Waals surface area contributed by atoms with Crippen molar-refractivity contribution in [1.82, 2.24) is 0 Å². The maximum Gasteiger partial charge on any atom is 0.418 e. The number of benzene rings is 2. The van der Waals surface area contributed by atoms with Crippen LogP contribution in [0.5, 0.6) is 0 Å². The van der Waals surface area contributed by atoms with Crippen LogP contribution < -0.4 is 4.90 Å². The summed E-state index contributed by atoms with van der Waals surface area (Å²) in [5, 5.41) is 0. The number of allylic oxidation sites excluding steroid dienone is 1. The summed E-state index contributed by atoms with van der Waals surface area (Å²) in [6.07, 6.45) is 12.7. The molecular formula is C26H35NO2. The van der Waals surface area contributed by atoms with Gasteiger partial charge in [-0.3, -0.25) is 4.90 Å². The molecule has 0 spiro atoms. The monoisotopic (exact) mass is 393 g/mol. The van der Waals surface area contributed by atoms with E-state index < -0.39 is 0 Å². The lowest BCUT2D eigenvalue weighted by molar-refractivity contribution is 0.180. The average Bonchev–Trinajstić information content (AvgIpc) is 2.77. The van der Waals surface area contributed by atoms with Gasteiger partial charge in [-0.1, -0.05) is 100 Å². The number of carbonyl (C=O) groups is 1. The van der Waals surface area contributed by atoms with E-state index in [4.69, 9.17) is 4.74 Å². The minimum absolute atomic E-state index is 0.349. The molecule has 0 fully saturated rings. The standard InChI is InChI=1S/C26H35NO2/c1-3-4-5-6-7-8-9-14-21-25(22-23-17-12-10-13-18-23)27(26(28)29-2)24-19-15-11-16-20-24/h10-13,15-20,22H,3-9,14,21H2,1-2H3/b25-22+. The number of amides is 1. The highest BCUT2D eigenvalue weighted by Gasteiger charge is 2.20. The molecule has 0 atom stereocenters. The Morgan fingerprint density at radius 2 is 1.38 bits per heavy atom. The van der Waals surface area contributed by atoms with Crippen molar-refractivity contribution in [3.63, 3.8) is 0 Å². The molecular weight excluding hydrogens is 358 g/mol. The molecule has 0 heterocycles. The summed E-state index contributed by atoms with van der Waals surface area (Å²) >= 11 is 0. The molecule has 0 bridgehead atoms. The molecule has 0 saturated heterocycles. The van der Waals surface area contributed by atoms with Gasteiger partial charge in [0.25, 0.3) is 0 Å². The zero-order chi connectivity index (χ0) is 20.7. The highest BCUT2D eigenvalue weighted by atomic mass is 16.5. The molecule has 0 aliphatic rings. The summed E-state index contributed by atoms with van der Waals surface area (Å²) < 4.78 is 5.11. The van der Waals surface area contributed by atoms with Crippen molar-refractivity contribution < 1.29 is 9.53 Å². The Hall–Kier alpha value is -2.55. The summed E-state index contributed by atoms with van der Waals surface area (Å²) in [7, 11) is 1.44. The summed E-state index contributed by atoms with van der Waals surface area (Å²) in [5.74, 6) is 0. The van der Waals surface area contributed by atoms with E-state index in [0.29, 0.717) is 0 Å². The fourth-order valence-electron chi connectivity index (χ4n) is 3.49. The van der Waals surface area contributed by atoms with Gasteiger partial charge in [-0.25, -0.2) is 4.79 Å². The number of ether oxygens (including phenoxy) is 1. The van der Waals surface area contributed by atoms with Gasteiger partial charge >= 0.3 is 6.09 Å². The first kappa shape index (κ1) is 22.7. The molecule has 0 aliphatic carbocycles. The summed E-state index contributed by atoms with van der Waals surface area (Å²) in [6.45, 7) is 2.25. The largest absolute Gasteiger partial charge is 0.452 e. The van der Waals surface area contributed by atoms with E-state index in [9.17, 15) is 4.79 Å². The minimum atomic E-state index is -0.349. The molecule has 3 nitrogen and oxygen atoms in total. The normalized spacial score (nSPS) is 11.3. The lowest BCUT2D eigenvalue weighted by Gasteiger charge is -2.24. The van der Waals surface area contributed by atoms with Crippen molar-refractivity contribution in [3.8, 4) is 0 Å². The fourth-order valence-corrected chi connectivity index (χ4v) is 3.49. The van der Waals surface area contributed by atoms with Crippen LogP contribution in [0.3, 0.4) is 0 Å². The summed E-state index contributed by atoms with van der Waals surface area (Å²) in [6, 6.07) is 19.9. The van der Waals surface area contributed by atoms with Crippen LogP contribution in [0.1, 0.15) is 70.3 Å². The Kier molecular flexibility index (Phi) is 10.7. The van der Waals surface area contributed by atoms with Crippen LogP contribution in [0, 0.1) is 0 Å². The number of para-hydroxylation sites is 1. The SMILES string of the molecule is CCCCCCCCCC/C(=C\c1ccccc1)N(C(=O)OC)c1ccccc1. The maximum absolute atomic E-state index is 12.6. The first-order chi connectivity index (χ1) is 14.3. The van der Waals surface area contributed by atoms with Crippen LogP contribution in [0.15, 0.2) is 66.4 Å². The topological polar surface area (TPSA) is 29.5 Å². The zero-order valence-corrected chi connectivity index (χ0v) is 18.0. The molecule has 2 aromatic rings. The van der Waals surface area contributed by atoms with E-state index in [1.54, 1.807) is 4.90 Å². The van der Waals surface area contributed by atoms with Crippen LogP contribution in [0.2, 0.25) is 0 Å². The number of anilines is 1. The van der Waals surface area contributed by atoms with Crippen molar-refractivity contribution in [2.45, 2.75) is 64.7 Å². The van der Waals surface area contributed by atoms with Gasteiger partial charge in [0.05, 0.1) is 12.8 Å². The highest BCUT2D eigenvalue weighted by Crippen LogP contribution is 2.26. The van der Waals surface area contributed by atoms with Gasteiger partial charge in [-0.15, -0.1) is 0 Å². The Balaban J connectivity index is 2.10. The van der Waals surface area contributed by atoms with Crippen LogP contribution >= 0.6 is 0 Å². The molecule has 29 heavy (non-hydrogen) atoms. The van der Waals surface area contributed by atoms with Crippen LogP contribution in [0.25, 0.3) is 6.08 Å². The van der Waals surface area contributed by atoms with Crippen molar-refractivity contribution >= 4 is 17.9 Å². The molecule has 2 rings (SSSR count). The molecule has 0 saturated carbocycles. The number of unbranched alkanes of at least 4 members (excludes halogenated alkanes) is 7. The molecule has 156 valence electrons. The molecule has 3 heteroatoms. The summed E-state index contributed by atoms with van der Waals surface area (Å²) in [4.78, 5) is 14.3. The van der Waals surface area contributed by atoms with Crippen LogP contribution in [-0.2, 0) is 4.74 Å². The third-order valence-electron chi connectivity index (χ3n) is 5.08. The molecule has 2 aromatic carbocycles.